The molecule has 1 saturated heterocycles. The lowest BCUT2D eigenvalue weighted by molar-refractivity contribution is -0.117. The normalized spacial score (nSPS) is 18.7. The van der Waals surface area contributed by atoms with E-state index < -0.39 is 0 Å². The molecule has 1 aliphatic heterocycles. The fourth-order valence-electron chi connectivity index (χ4n) is 4.62. The average Bonchev–Trinajstić information content (AvgIpc) is 3.51. The van der Waals surface area contributed by atoms with Crippen molar-refractivity contribution < 1.29 is 9.32 Å². The maximum atomic E-state index is 12.7. The highest BCUT2D eigenvalue weighted by Gasteiger charge is 2.35. The number of rotatable bonds is 3. The quantitative estimate of drug-likeness (QED) is 0.574. The highest BCUT2D eigenvalue weighted by atomic mass is 16.5. The van der Waals surface area contributed by atoms with E-state index in [-0.39, 0.29) is 11.8 Å². The average molecular weight is 384 g/mol. The molecule has 144 valence electrons. The van der Waals surface area contributed by atoms with E-state index in [9.17, 15) is 4.79 Å². The number of carbonyl (C=O) groups is 1. The van der Waals surface area contributed by atoms with Crippen LogP contribution in [0.15, 0.2) is 53.2 Å². The van der Waals surface area contributed by atoms with Gasteiger partial charge in [0.05, 0.1) is 5.92 Å². The number of nitrogens with one attached hydrogen (secondary N) is 1. The number of fused-ring (bicyclic) bond motifs is 2. The maximum absolute atomic E-state index is 12.7. The zero-order valence-corrected chi connectivity index (χ0v) is 15.9. The van der Waals surface area contributed by atoms with Crippen LogP contribution in [0.5, 0.6) is 0 Å². The van der Waals surface area contributed by atoms with Crippen molar-refractivity contribution in [3.05, 3.63) is 65.7 Å². The predicted octanol–water partition coefficient (Wildman–Crippen LogP) is 4.23. The summed E-state index contributed by atoms with van der Waals surface area (Å²) in [6.07, 6.45) is 5.74. The van der Waals surface area contributed by atoms with Crippen molar-refractivity contribution in [1.29, 1.82) is 0 Å². The van der Waals surface area contributed by atoms with Crippen LogP contribution in [0.1, 0.15) is 35.8 Å². The number of carbonyl (C=O) groups excluding carboxylic acids is 1. The monoisotopic (exact) mass is 384 g/mol. The van der Waals surface area contributed by atoms with Gasteiger partial charge in [-0.1, -0.05) is 29.4 Å². The van der Waals surface area contributed by atoms with Gasteiger partial charge < -0.3 is 14.4 Å². The van der Waals surface area contributed by atoms with E-state index in [1.165, 1.54) is 17.5 Å². The fraction of sp³-hybridized carbons (Fsp3) is 0.261. The second kappa shape index (κ2) is 6.30. The Morgan fingerprint density at radius 2 is 2.00 bits per heavy atom. The van der Waals surface area contributed by atoms with Crippen LogP contribution >= 0.6 is 0 Å². The van der Waals surface area contributed by atoms with Crippen molar-refractivity contribution >= 4 is 22.5 Å². The molecule has 0 spiro atoms. The van der Waals surface area contributed by atoms with Gasteiger partial charge in [0.1, 0.15) is 0 Å². The Kier molecular flexibility index (Phi) is 3.59. The number of aromatic nitrogens is 3. The summed E-state index contributed by atoms with van der Waals surface area (Å²) in [6, 6.07) is 14.4. The maximum Gasteiger partial charge on any atom is 0.232 e. The van der Waals surface area contributed by atoms with Crippen molar-refractivity contribution in [3.63, 3.8) is 0 Å². The van der Waals surface area contributed by atoms with E-state index in [0.717, 1.165) is 35.0 Å². The lowest BCUT2D eigenvalue weighted by atomic mass is 10.1. The topological polar surface area (TPSA) is 75.0 Å². The number of nitrogens with zero attached hydrogens (tertiary/aromatic N) is 3. The van der Waals surface area contributed by atoms with E-state index in [1.807, 2.05) is 35.4 Å². The number of aryl methyl sites for hydroxylation is 2. The van der Waals surface area contributed by atoms with Crippen LogP contribution in [-0.2, 0) is 17.6 Å². The largest absolute Gasteiger partial charge is 0.360 e. The van der Waals surface area contributed by atoms with Crippen LogP contribution in [0.25, 0.3) is 22.3 Å². The molecule has 4 aromatic rings. The molecule has 2 aromatic carbocycles. The van der Waals surface area contributed by atoms with Crippen LogP contribution in [0.4, 0.5) is 5.69 Å². The highest BCUT2D eigenvalue weighted by molar-refractivity contribution is 5.96. The summed E-state index contributed by atoms with van der Waals surface area (Å²) in [6.45, 7) is 0.577. The third-order valence-electron chi connectivity index (χ3n) is 6.14. The molecule has 0 bridgehead atoms. The molecule has 3 heterocycles. The number of para-hydroxylation sites is 1. The van der Waals surface area contributed by atoms with Gasteiger partial charge in [-0.05, 0) is 48.6 Å². The second-order valence-corrected chi connectivity index (χ2v) is 7.92. The Balaban J connectivity index is 1.27. The number of benzene rings is 2. The van der Waals surface area contributed by atoms with Crippen LogP contribution in [0, 0.1) is 0 Å². The molecule has 0 radical (unpaired) electrons. The minimum Gasteiger partial charge on any atom is -0.360 e. The Hall–Kier alpha value is -3.41. The molecule has 1 fully saturated rings. The van der Waals surface area contributed by atoms with Crippen LogP contribution < -0.4 is 4.90 Å². The molecule has 1 N–H and O–H groups in total. The Bertz CT molecular complexity index is 1240. The number of anilines is 1. The van der Waals surface area contributed by atoms with Crippen LogP contribution in [0.3, 0.4) is 0 Å². The molecule has 6 rings (SSSR count). The Labute approximate surface area is 167 Å². The van der Waals surface area contributed by atoms with Gasteiger partial charge in [0.25, 0.3) is 0 Å². The van der Waals surface area contributed by atoms with Crippen molar-refractivity contribution in [2.75, 3.05) is 11.4 Å². The summed E-state index contributed by atoms with van der Waals surface area (Å²) in [5, 5.41) is 5.25. The third kappa shape index (κ3) is 2.67. The Morgan fingerprint density at radius 1 is 1.10 bits per heavy atom. The van der Waals surface area contributed by atoms with Crippen molar-refractivity contribution in [3.8, 4) is 11.4 Å². The lowest BCUT2D eigenvalue weighted by Gasteiger charge is -2.17. The van der Waals surface area contributed by atoms with E-state index in [2.05, 4.69) is 33.3 Å². The first-order chi connectivity index (χ1) is 14.3. The van der Waals surface area contributed by atoms with Gasteiger partial charge in [0.15, 0.2) is 0 Å². The molecule has 2 aromatic heterocycles. The lowest BCUT2D eigenvalue weighted by Crippen LogP contribution is -2.24. The SMILES string of the molecule is O=C1CC(c2nc(-c3c[nH]c4ccccc34)no2)CN1c1ccc2c(c1)CCC2. The molecule has 1 unspecified atom stereocenters. The van der Waals surface area contributed by atoms with E-state index in [1.54, 1.807) is 0 Å². The molecule has 1 aliphatic carbocycles. The zero-order valence-electron chi connectivity index (χ0n) is 15.9. The minimum absolute atomic E-state index is 0.0813. The van der Waals surface area contributed by atoms with Gasteiger partial charge in [0, 0.05) is 41.3 Å². The molecule has 6 nitrogen and oxygen atoms in total. The molecular weight excluding hydrogens is 364 g/mol. The summed E-state index contributed by atoms with van der Waals surface area (Å²) in [4.78, 5) is 22.4. The number of amides is 1. The van der Waals surface area contributed by atoms with Crippen LogP contribution in [0.2, 0.25) is 0 Å². The van der Waals surface area contributed by atoms with E-state index >= 15 is 0 Å². The molecular formula is C23H20N4O2. The second-order valence-electron chi connectivity index (χ2n) is 7.92. The molecule has 2 aliphatic rings. The van der Waals surface area contributed by atoms with Crippen molar-refractivity contribution in [1.82, 2.24) is 15.1 Å². The molecule has 1 atom stereocenters. The number of hydrogen-bond acceptors (Lipinski definition) is 4. The van der Waals surface area contributed by atoms with Gasteiger partial charge >= 0.3 is 0 Å². The summed E-state index contributed by atoms with van der Waals surface area (Å²) >= 11 is 0. The van der Waals surface area contributed by atoms with Gasteiger partial charge in [0.2, 0.25) is 17.6 Å². The number of H-pyrrole nitrogens is 1. The Morgan fingerprint density at radius 3 is 2.97 bits per heavy atom. The highest BCUT2D eigenvalue weighted by Crippen LogP contribution is 2.35. The summed E-state index contributed by atoms with van der Waals surface area (Å²) in [5.41, 5.74) is 5.72. The first kappa shape index (κ1) is 16.5. The van der Waals surface area contributed by atoms with Gasteiger partial charge in [-0.2, -0.15) is 4.98 Å². The zero-order chi connectivity index (χ0) is 19.4. The van der Waals surface area contributed by atoms with Crippen molar-refractivity contribution in [2.45, 2.75) is 31.6 Å². The molecule has 0 saturated carbocycles. The first-order valence-corrected chi connectivity index (χ1v) is 10.1. The minimum atomic E-state index is -0.0813. The van der Waals surface area contributed by atoms with Crippen LogP contribution in [-0.4, -0.2) is 27.6 Å². The number of aromatic amines is 1. The van der Waals surface area contributed by atoms with Gasteiger partial charge in [-0.25, -0.2) is 0 Å². The van der Waals surface area contributed by atoms with E-state index in [4.69, 9.17) is 4.52 Å². The summed E-state index contributed by atoms with van der Waals surface area (Å²) < 4.78 is 5.57. The molecule has 1 amide bonds. The van der Waals surface area contributed by atoms with E-state index in [0.29, 0.717) is 24.7 Å². The summed E-state index contributed by atoms with van der Waals surface area (Å²) in [5.74, 6) is 1.12. The fourth-order valence-corrected chi connectivity index (χ4v) is 4.62. The first-order valence-electron chi connectivity index (χ1n) is 10.1. The smallest absolute Gasteiger partial charge is 0.232 e. The van der Waals surface area contributed by atoms with Gasteiger partial charge in [-0.15, -0.1) is 0 Å². The van der Waals surface area contributed by atoms with Crippen molar-refractivity contribution in [2.24, 2.45) is 0 Å². The standard InChI is InChI=1S/C23H20N4O2/c28-21-11-16(13-27(21)17-9-8-14-4-3-5-15(14)10-17)23-25-22(26-29-23)19-12-24-20-7-2-1-6-18(19)20/h1-2,6-10,12,16,24H,3-5,11,13H2. The third-order valence-corrected chi connectivity index (χ3v) is 6.14. The predicted molar refractivity (Wildman–Crippen MR) is 110 cm³/mol. The number of hydrogen-bond donors (Lipinski definition) is 1. The molecule has 6 heteroatoms. The molecule has 29 heavy (non-hydrogen) atoms. The van der Waals surface area contributed by atoms with Gasteiger partial charge in [-0.3, -0.25) is 4.79 Å². The summed E-state index contributed by atoms with van der Waals surface area (Å²) in [7, 11) is 0.